The summed E-state index contributed by atoms with van der Waals surface area (Å²) < 4.78 is 68.7. The van der Waals surface area contributed by atoms with Crippen molar-refractivity contribution in [3.8, 4) is 0 Å². The van der Waals surface area contributed by atoms with Crippen molar-refractivity contribution < 1.29 is 78.0 Å². The number of hydrogen-bond donors (Lipinski definition) is 6. The van der Waals surface area contributed by atoms with E-state index in [2.05, 4.69) is 0 Å². The third kappa shape index (κ3) is 17.2. The second-order valence-electron chi connectivity index (χ2n) is 21.8. The molecule has 8 rings (SSSR count). The largest absolute Gasteiger partial charge is 0.396 e. The lowest BCUT2D eigenvalue weighted by Crippen LogP contribution is -2.84. The molecule has 2 fully saturated rings. The minimum absolute atomic E-state index is 0.0387. The van der Waals surface area contributed by atoms with Crippen molar-refractivity contribution in [3.05, 3.63) is 215 Å². The minimum atomic E-state index is -3.25. The van der Waals surface area contributed by atoms with Gasteiger partial charge in [0.15, 0.2) is 23.8 Å². The topological polar surface area (TPSA) is 214 Å². The zero-order chi connectivity index (χ0) is 59.0. The Hall–Kier alpha value is -5.32. The lowest BCUT2D eigenvalue weighted by Gasteiger charge is -2.60. The summed E-state index contributed by atoms with van der Waals surface area (Å²) in [5, 5.41) is 75.4. The van der Waals surface area contributed by atoms with E-state index in [-0.39, 0.29) is 66.1 Å². The highest BCUT2D eigenvalue weighted by molar-refractivity contribution is 5.23. The Morgan fingerprint density at radius 3 is 0.833 bits per heavy atom. The summed E-state index contributed by atoms with van der Waals surface area (Å²) in [5.74, 6) is 0. The molecule has 2 aliphatic rings. The zero-order valence-corrected chi connectivity index (χ0v) is 48.3. The van der Waals surface area contributed by atoms with Gasteiger partial charge < -0.3 is 78.0 Å². The number of aliphatic hydroxyl groups is 6. The van der Waals surface area contributed by atoms with Crippen LogP contribution >= 0.6 is 0 Å². The van der Waals surface area contributed by atoms with Gasteiger partial charge in [0.25, 0.3) is 0 Å². The van der Waals surface area contributed by atoms with Crippen LogP contribution in [0.5, 0.6) is 0 Å². The third-order valence-electron chi connectivity index (χ3n) is 15.7. The van der Waals surface area contributed by atoms with Crippen molar-refractivity contribution in [2.75, 3.05) is 26.4 Å². The minimum Gasteiger partial charge on any atom is -0.396 e. The second-order valence-corrected chi connectivity index (χ2v) is 21.8. The summed E-state index contributed by atoms with van der Waals surface area (Å²) in [4.78, 5) is 0. The molecule has 0 aliphatic carbocycles. The molecule has 0 amide bonds. The van der Waals surface area contributed by atoms with E-state index in [1.807, 2.05) is 182 Å². The van der Waals surface area contributed by atoms with Crippen molar-refractivity contribution >= 4 is 0 Å². The Kier molecular flexibility index (Phi) is 25.8. The maximum Gasteiger partial charge on any atom is 0.189 e. The number of hydrogen-bond acceptors (Lipinski definition) is 16. The lowest BCUT2D eigenvalue weighted by atomic mass is 9.67. The Bertz CT molecular complexity index is 2510. The van der Waals surface area contributed by atoms with Crippen LogP contribution in [0.25, 0.3) is 0 Å². The summed E-state index contributed by atoms with van der Waals surface area (Å²) in [7, 11) is 0. The molecule has 16 heteroatoms. The third-order valence-corrected chi connectivity index (χ3v) is 15.7. The summed E-state index contributed by atoms with van der Waals surface area (Å²) in [6.07, 6.45) is -15.1. The first-order valence-corrected chi connectivity index (χ1v) is 29.5. The number of aliphatic hydroxyl groups excluding tert-OH is 4. The molecule has 84 heavy (non-hydrogen) atoms. The van der Waals surface area contributed by atoms with Gasteiger partial charge in [-0.2, -0.15) is 0 Å². The quantitative estimate of drug-likeness (QED) is 0.0163. The predicted octanol–water partition coefficient (Wildman–Crippen LogP) is 8.53. The van der Waals surface area contributed by atoms with E-state index >= 15 is 0 Å². The van der Waals surface area contributed by atoms with E-state index in [0.29, 0.717) is 38.5 Å². The normalized spacial score (nSPS) is 24.9. The number of unbranched alkanes of at least 4 members (excludes halogenated alkanes) is 4. The molecule has 16 nitrogen and oxygen atoms in total. The summed E-state index contributed by atoms with van der Waals surface area (Å²) in [6.45, 7) is 3.15. The van der Waals surface area contributed by atoms with Crippen molar-refractivity contribution in [1.82, 2.24) is 0 Å². The maximum atomic E-state index is 14.7. The average molecular weight is 1160 g/mol. The summed E-state index contributed by atoms with van der Waals surface area (Å²) >= 11 is 0. The van der Waals surface area contributed by atoms with E-state index in [4.69, 9.17) is 47.4 Å². The van der Waals surface area contributed by atoms with Crippen LogP contribution < -0.4 is 0 Å². The Balaban J connectivity index is 1.33. The number of benzene rings is 6. The van der Waals surface area contributed by atoms with Gasteiger partial charge in [0.05, 0.1) is 51.8 Å². The molecule has 0 bridgehead atoms. The molecule has 2 heterocycles. The van der Waals surface area contributed by atoms with Crippen molar-refractivity contribution in [2.24, 2.45) is 0 Å². The molecule has 2 saturated heterocycles. The lowest BCUT2D eigenvalue weighted by molar-refractivity contribution is -0.420. The first kappa shape index (κ1) is 64.7. The smallest absolute Gasteiger partial charge is 0.189 e. The highest BCUT2D eigenvalue weighted by atomic mass is 16.7. The van der Waals surface area contributed by atoms with Crippen molar-refractivity contribution in [2.45, 2.75) is 177 Å². The highest BCUT2D eigenvalue weighted by Crippen LogP contribution is 2.49. The van der Waals surface area contributed by atoms with Crippen LogP contribution in [0.3, 0.4) is 0 Å². The van der Waals surface area contributed by atoms with Gasteiger partial charge in [-0.25, -0.2) is 0 Å². The molecule has 6 aromatic rings. The van der Waals surface area contributed by atoms with Gasteiger partial charge in [-0.3, -0.25) is 0 Å². The van der Waals surface area contributed by atoms with E-state index < -0.39 is 84.8 Å². The molecule has 2 aliphatic heterocycles. The molecule has 6 aromatic carbocycles. The monoisotopic (exact) mass is 1160 g/mol. The molecule has 0 aromatic heterocycles. The van der Waals surface area contributed by atoms with E-state index in [1.165, 1.54) is 0 Å². The molecule has 6 N–H and O–H groups in total. The Morgan fingerprint density at radius 1 is 0.345 bits per heavy atom. The van der Waals surface area contributed by atoms with Crippen LogP contribution in [0, 0.1) is 0 Å². The Morgan fingerprint density at radius 2 is 0.583 bits per heavy atom. The molecular formula is C68H86O16. The van der Waals surface area contributed by atoms with Gasteiger partial charge in [-0.15, -0.1) is 0 Å². The highest BCUT2D eigenvalue weighted by Gasteiger charge is 2.74. The van der Waals surface area contributed by atoms with E-state index in [9.17, 15) is 30.6 Å². The summed E-state index contributed by atoms with van der Waals surface area (Å²) in [5.41, 5.74) is -1.66. The van der Waals surface area contributed by atoms with Gasteiger partial charge in [0.2, 0.25) is 0 Å². The van der Waals surface area contributed by atoms with Crippen LogP contribution in [-0.2, 0) is 87.0 Å². The zero-order valence-electron chi connectivity index (χ0n) is 48.3. The van der Waals surface area contributed by atoms with Crippen molar-refractivity contribution in [3.63, 3.8) is 0 Å². The number of ether oxygens (including phenoxy) is 10. The molecule has 0 saturated carbocycles. The Labute approximate surface area is 494 Å². The molecule has 0 radical (unpaired) electrons. The fraction of sp³-hybridized carbons (Fsp3) is 0.471. The van der Waals surface area contributed by atoms with Crippen molar-refractivity contribution in [1.29, 1.82) is 0 Å². The van der Waals surface area contributed by atoms with Crippen LogP contribution in [-0.4, -0.2) is 142 Å². The fourth-order valence-electron chi connectivity index (χ4n) is 11.1. The van der Waals surface area contributed by atoms with Crippen LogP contribution in [0.1, 0.15) is 85.8 Å². The molecule has 454 valence electrons. The molecular weight excluding hydrogens is 1070 g/mol. The standard InChI is InChI=1S/C68H86O16/c1-49-57(77-43-51-27-11-3-12-28-51)59(79-45-53-31-15-5-16-32-53)61(81-47-55-35-19-7-20-36-55)63(83-49)67(73,65(71)75-41-25-9-23-39-69)68(74,66(72)76-42-26-10-24-40-70)64-62(82-48-56-37-21-8-22-38-56)60(80-46-54-33-17-6-18-34-54)58(50(2)84-64)78-44-52-29-13-4-14-30-52/h3-8,11-22,27-38,49-50,57-66,69-74H,9-10,23-26,39-48H2,1-2H3/t49-,50-,57+,58+,59+,60+,61-,62-,63+,64+,65?,66?,67+,68+/m0/s1. The van der Waals surface area contributed by atoms with E-state index in [0.717, 1.165) is 33.4 Å². The van der Waals surface area contributed by atoms with Crippen LogP contribution in [0.4, 0.5) is 0 Å². The molecule has 14 atom stereocenters. The second kappa shape index (κ2) is 33.5. The number of rotatable bonds is 35. The predicted molar refractivity (Wildman–Crippen MR) is 314 cm³/mol. The van der Waals surface area contributed by atoms with Crippen LogP contribution in [0.15, 0.2) is 182 Å². The average Bonchev–Trinajstić information content (AvgIpc) is 2.54. The molecule has 0 spiro atoms. The van der Waals surface area contributed by atoms with Crippen LogP contribution in [0.2, 0.25) is 0 Å². The van der Waals surface area contributed by atoms with E-state index in [1.54, 1.807) is 13.8 Å². The first-order chi connectivity index (χ1) is 41.0. The molecule has 2 unspecified atom stereocenters. The van der Waals surface area contributed by atoms with Gasteiger partial charge in [-0.05, 0) is 85.8 Å². The maximum absolute atomic E-state index is 14.7. The SMILES string of the molecule is C[C@@H]1O[C@@H]([C@@](O)(C(O)OCCCCCO)[C@](O)(C(O)OCCCCCO)[C@@H]2O[C@@H](C)[C@@H](OCc3ccccc3)[C@@H](OCc3ccccc3)[C@@H]2OCc2ccccc2)[C@@H](OCc2ccccc2)[C@H](OCc2ccccc2)[C@@H]1OCc1ccccc1. The summed E-state index contributed by atoms with van der Waals surface area (Å²) in [6, 6.07) is 57.1. The first-order valence-electron chi connectivity index (χ1n) is 29.5. The van der Waals surface area contributed by atoms with Gasteiger partial charge >= 0.3 is 0 Å². The van der Waals surface area contributed by atoms with Gasteiger partial charge in [0.1, 0.15) is 48.8 Å². The fourth-order valence-corrected chi connectivity index (χ4v) is 11.1. The van der Waals surface area contributed by atoms with Gasteiger partial charge in [-0.1, -0.05) is 182 Å². The van der Waals surface area contributed by atoms with Gasteiger partial charge in [0, 0.05) is 26.4 Å².